The zero-order chi connectivity index (χ0) is 73.2. The van der Waals surface area contributed by atoms with Crippen LogP contribution in [0, 0.1) is 0 Å². The Balaban J connectivity index is 0.0000000913. The molecule has 0 atom stereocenters. The molecular formula is C103H68N6OS. The van der Waals surface area contributed by atoms with E-state index in [2.05, 4.69) is 417 Å². The van der Waals surface area contributed by atoms with E-state index in [1.165, 1.54) is 185 Å². The van der Waals surface area contributed by atoms with Crippen molar-refractivity contribution in [2.24, 2.45) is 7.05 Å². The fourth-order valence-electron chi connectivity index (χ4n) is 17.9. The Morgan fingerprint density at radius 1 is 0.198 bits per heavy atom. The van der Waals surface area contributed by atoms with Gasteiger partial charge in [0, 0.05) is 131 Å². The van der Waals surface area contributed by atoms with Crippen molar-refractivity contribution < 1.29 is 4.42 Å². The van der Waals surface area contributed by atoms with E-state index in [-0.39, 0.29) is 0 Å². The summed E-state index contributed by atoms with van der Waals surface area (Å²) in [6.45, 7) is 0. The molecule has 8 heterocycles. The van der Waals surface area contributed by atoms with Gasteiger partial charge in [-0.2, -0.15) is 0 Å². The molecule has 0 amide bonds. The van der Waals surface area contributed by atoms with Crippen molar-refractivity contribution >= 4 is 184 Å². The van der Waals surface area contributed by atoms with Gasteiger partial charge in [-0.25, -0.2) is 0 Å². The Morgan fingerprint density at radius 3 is 0.982 bits per heavy atom. The van der Waals surface area contributed by atoms with Crippen LogP contribution in [0.5, 0.6) is 0 Å². The topological polar surface area (TPSA) is 42.7 Å². The summed E-state index contributed by atoms with van der Waals surface area (Å²) in [6.07, 6.45) is 0. The van der Waals surface area contributed by atoms with Gasteiger partial charge in [-0.1, -0.05) is 255 Å². The summed E-state index contributed by atoms with van der Waals surface area (Å²) >= 11 is 1.90. The normalized spacial score (nSPS) is 11.8. The number of fused-ring (bicyclic) bond motifs is 28. The highest BCUT2D eigenvalue weighted by molar-refractivity contribution is 7.26. The van der Waals surface area contributed by atoms with E-state index in [0.29, 0.717) is 0 Å². The SMILES string of the molecule is Cn1c2ccccc2c2c1ccc1c3ccccc3n(-c3ccccc3)c12.c1ccc(-n2c3ccccc3c3c2ccc2c4ccccc4n(-c4ccccc4)c23)cc1.c1ccc(-n2c3ccccc3c3c4oc5ccccc5c4ccc32)cc1.c1ccc(-n2c3ccccc3c3c4sc5ccccc5c4ccc32)cc1. The van der Waals surface area contributed by atoms with Crippen LogP contribution in [0.3, 0.4) is 0 Å². The standard InChI is InChI=1S/C30H20N2.C25H18N2.C24H15NO.C24H15NS/c1-3-11-21(12-4-1)31-27-18-10-8-16-25(27)29-28(31)20-19-24-23-15-7-9-17-26(23)32(30(24)29)22-13-5-2-6-14-22;1-26-21-13-7-6-12-20(21)24-23(26)16-15-19-18-11-5-8-14-22(18)27(25(19)24)17-9-3-2-4-10-17;2*1-2-8-16(9-3-1)25-20-12-6-4-11-19(20)23-21(25)15-14-18-17-10-5-7-13-22(17)26-24(18)23/h1-20H;2-16H,1H3;2*1-15H. The number of hydrogen-bond acceptors (Lipinski definition) is 2. The number of benzene rings is 17. The zero-order valence-electron chi connectivity index (χ0n) is 60.5. The van der Waals surface area contributed by atoms with Crippen molar-refractivity contribution in [2.45, 2.75) is 0 Å². The lowest BCUT2D eigenvalue weighted by Crippen LogP contribution is -1.95. The molecule has 25 aromatic rings. The molecule has 0 N–H and O–H groups in total. The van der Waals surface area contributed by atoms with Crippen molar-refractivity contribution in [1.29, 1.82) is 0 Å². The number of para-hydroxylation sites is 12. The minimum absolute atomic E-state index is 0.937. The predicted molar refractivity (Wildman–Crippen MR) is 472 cm³/mol. The van der Waals surface area contributed by atoms with Crippen LogP contribution in [-0.2, 0) is 7.05 Å². The molecule has 8 heteroatoms. The van der Waals surface area contributed by atoms with Gasteiger partial charge in [0.25, 0.3) is 0 Å². The molecule has 0 aliphatic carbocycles. The molecule has 0 fully saturated rings. The number of rotatable bonds is 5. The first-order valence-corrected chi connectivity index (χ1v) is 38.7. The van der Waals surface area contributed by atoms with Crippen molar-refractivity contribution in [1.82, 2.24) is 27.4 Å². The molecule has 0 spiro atoms. The van der Waals surface area contributed by atoms with Crippen LogP contribution < -0.4 is 0 Å². The summed E-state index contributed by atoms with van der Waals surface area (Å²) in [6, 6.07) is 140. The van der Waals surface area contributed by atoms with Gasteiger partial charge in [-0.05, 0) is 140 Å². The van der Waals surface area contributed by atoms with E-state index in [0.717, 1.165) is 16.9 Å². The van der Waals surface area contributed by atoms with E-state index in [4.69, 9.17) is 4.42 Å². The van der Waals surface area contributed by atoms with Crippen LogP contribution in [-0.4, -0.2) is 27.4 Å². The second-order valence-corrected chi connectivity index (χ2v) is 29.6. The number of furan rings is 1. The molecule has 0 aliphatic rings. The van der Waals surface area contributed by atoms with Crippen molar-refractivity contribution in [3.05, 3.63) is 394 Å². The quantitative estimate of drug-likeness (QED) is 0.169. The van der Waals surface area contributed by atoms with E-state index < -0.39 is 0 Å². The molecule has 0 radical (unpaired) electrons. The first-order valence-electron chi connectivity index (χ1n) is 37.9. The highest BCUT2D eigenvalue weighted by atomic mass is 32.1. The Morgan fingerprint density at radius 2 is 0.505 bits per heavy atom. The van der Waals surface area contributed by atoms with E-state index in [9.17, 15) is 0 Å². The van der Waals surface area contributed by atoms with E-state index in [1.807, 2.05) is 23.5 Å². The smallest absolute Gasteiger partial charge is 0.145 e. The molecule has 0 saturated carbocycles. The summed E-state index contributed by atoms with van der Waals surface area (Å²) in [5.74, 6) is 0. The lowest BCUT2D eigenvalue weighted by molar-refractivity contribution is 0.673. The van der Waals surface area contributed by atoms with Gasteiger partial charge in [0.15, 0.2) is 0 Å². The first-order chi connectivity index (χ1) is 55.1. The van der Waals surface area contributed by atoms with Crippen molar-refractivity contribution in [2.75, 3.05) is 0 Å². The largest absolute Gasteiger partial charge is 0.455 e. The average molecular weight is 1440 g/mol. The lowest BCUT2D eigenvalue weighted by Gasteiger charge is -2.09. The predicted octanol–water partition coefficient (Wildman–Crippen LogP) is 28.1. The number of aromatic nitrogens is 6. The molecule has 0 saturated heterocycles. The molecule has 8 aromatic heterocycles. The van der Waals surface area contributed by atoms with Gasteiger partial charge in [-0.15, -0.1) is 11.3 Å². The maximum atomic E-state index is 6.31. The van der Waals surface area contributed by atoms with Crippen LogP contribution in [0.4, 0.5) is 0 Å². The van der Waals surface area contributed by atoms with Crippen LogP contribution in [0.1, 0.15) is 0 Å². The molecular weight excluding hydrogens is 1370 g/mol. The molecule has 111 heavy (non-hydrogen) atoms. The van der Waals surface area contributed by atoms with Gasteiger partial charge >= 0.3 is 0 Å². The van der Waals surface area contributed by atoms with Gasteiger partial charge in [0.2, 0.25) is 0 Å². The summed E-state index contributed by atoms with van der Waals surface area (Å²) in [5, 5.41) is 20.5. The van der Waals surface area contributed by atoms with E-state index >= 15 is 0 Å². The number of aryl methyl sites for hydroxylation is 1. The maximum absolute atomic E-state index is 6.31. The molecule has 25 rings (SSSR count). The fraction of sp³-hybridized carbons (Fsp3) is 0.00971. The monoisotopic (exact) mass is 1440 g/mol. The molecule has 0 bridgehead atoms. The highest BCUT2D eigenvalue weighted by Gasteiger charge is 2.24. The Labute approximate surface area is 641 Å². The lowest BCUT2D eigenvalue weighted by atomic mass is 10.1. The van der Waals surface area contributed by atoms with Gasteiger partial charge in [0.1, 0.15) is 11.2 Å². The van der Waals surface area contributed by atoms with E-state index in [1.54, 1.807) is 0 Å². The van der Waals surface area contributed by atoms with Gasteiger partial charge in [0.05, 0.1) is 66.1 Å². The third-order valence-corrected chi connectivity index (χ3v) is 23.8. The summed E-state index contributed by atoms with van der Waals surface area (Å²) in [5.41, 5.74) is 22.8. The Bertz CT molecular complexity index is 7720. The fourth-order valence-corrected chi connectivity index (χ4v) is 19.2. The van der Waals surface area contributed by atoms with Crippen LogP contribution in [0.2, 0.25) is 0 Å². The van der Waals surface area contributed by atoms with Crippen LogP contribution in [0.25, 0.3) is 201 Å². The van der Waals surface area contributed by atoms with Crippen molar-refractivity contribution in [3.63, 3.8) is 0 Å². The Hall–Kier alpha value is -14.4. The first kappa shape index (κ1) is 63.8. The van der Waals surface area contributed by atoms with Gasteiger partial charge < -0.3 is 31.8 Å². The molecule has 7 nitrogen and oxygen atoms in total. The van der Waals surface area contributed by atoms with Crippen LogP contribution >= 0.6 is 11.3 Å². The summed E-state index contributed by atoms with van der Waals surface area (Å²) in [7, 11) is 2.16. The minimum Gasteiger partial charge on any atom is -0.455 e. The average Bonchev–Trinajstić information content (AvgIpc) is 1.57. The molecule has 17 aromatic carbocycles. The number of nitrogens with zero attached hydrogens (tertiary/aromatic N) is 6. The molecule has 0 aliphatic heterocycles. The Kier molecular flexibility index (Phi) is 14.9. The minimum atomic E-state index is 0.937. The second kappa shape index (κ2) is 25.9. The number of hydrogen-bond donors (Lipinski definition) is 0. The van der Waals surface area contributed by atoms with Crippen molar-refractivity contribution in [3.8, 4) is 28.4 Å². The highest BCUT2D eigenvalue weighted by Crippen LogP contribution is 2.47. The molecule has 0 unspecified atom stereocenters. The summed E-state index contributed by atoms with van der Waals surface area (Å²) < 4.78 is 23.3. The second-order valence-electron chi connectivity index (χ2n) is 28.6. The molecule has 522 valence electrons. The maximum Gasteiger partial charge on any atom is 0.145 e. The van der Waals surface area contributed by atoms with Crippen LogP contribution in [0.15, 0.2) is 399 Å². The summed E-state index contributed by atoms with van der Waals surface area (Å²) in [4.78, 5) is 0. The van der Waals surface area contributed by atoms with Gasteiger partial charge in [-0.3, -0.25) is 0 Å². The third kappa shape index (κ3) is 9.98. The zero-order valence-corrected chi connectivity index (χ0v) is 61.3. The third-order valence-electron chi connectivity index (χ3n) is 22.6. The number of thiophene rings is 1.